The summed E-state index contributed by atoms with van der Waals surface area (Å²) < 4.78 is 0. The number of nitrogens with zero attached hydrogens (tertiary/aromatic N) is 2. The molecule has 0 spiro atoms. The van der Waals surface area contributed by atoms with E-state index in [4.69, 9.17) is 0 Å². The molecule has 5 N–H and O–H groups in total. The van der Waals surface area contributed by atoms with Gasteiger partial charge in [-0.15, -0.1) is 0 Å². The van der Waals surface area contributed by atoms with E-state index in [2.05, 4.69) is 31.6 Å². The van der Waals surface area contributed by atoms with E-state index in [1.54, 1.807) is 0 Å². The molecular weight excluding hydrogens is 320 g/mol. The summed E-state index contributed by atoms with van der Waals surface area (Å²) in [6.07, 6.45) is 1.48. The summed E-state index contributed by atoms with van der Waals surface area (Å²) in [4.78, 5) is 15.4. The van der Waals surface area contributed by atoms with Gasteiger partial charge in [-0.3, -0.25) is 9.89 Å². The number of benzene rings is 2. The maximum Gasteiger partial charge on any atom is 0.324 e. The van der Waals surface area contributed by atoms with Gasteiger partial charge in [-0.25, -0.2) is 15.8 Å². The van der Waals surface area contributed by atoms with Crippen LogP contribution in [0.25, 0.3) is 22.5 Å². The molecule has 3 aromatic rings. The van der Waals surface area contributed by atoms with Crippen LogP contribution in [0.15, 0.2) is 54.9 Å². The highest BCUT2D eigenvalue weighted by molar-refractivity contribution is 5.75. The standard InChI is InChI=1S/C17H16N6O2/c24-17(25)15-14(20-23-21-15)12-5-1-10(2-6-12)11-3-7-13(8-4-11)16-18-9-19-22-16/h1-9,14-15,20-21,23H,(H,24,25)(H,18,19,22). The van der Waals surface area contributed by atoms with Gasteiger partial charge in [-0.2, -0.15) is 10.6 Å². The van der Waals surface area contributed by atoms with Crippen molar-refractivity contribution in [3.63, 3.8) is 0 Å². The predicted molar refractivity (Wildman–Crippen MR) is 90.8 cm³/mol. The van der Waals surface area contributed by atoms with Gasteiger partial charge in [0.1, 0.15) is 12.4 Å². The molecule has 1 fully saturated rings. The molecule has 0 aliphatic carbocycles. The third-order valence-corrected chi connectivity index (χ3v) is 4.23. The van der Waals surface area contributed by atoms with Crippen molar-refractivity contribution in [2.24, 2.45) is 0 Å². The number of hydrazine groups is 2. The summed E-state index contributed by atoms with van der Waals surface area (Å²) >= 11 is 0. The fourth-order valence-electron chi connectivity index (χ4n) is 2.89. The fourth-order valence-corrected chi connectivity index (χ4v) is 2.89. The van der Waals surface area contributed by atoms with Crippen LogP contribution in [0.2, 0.25) is 0 Å². The molecule has 1 aliphatic rings. The molecular formula is C17H16N6O2. The van der Waals surface area contributed by atoms with Gasteiger partial charge in [0.05, 0.1) is 6.04 Å². The zero-order valence-electron chi connectivity index (χ0n) is 13.1. The highest BCUT2D eigenvalue weighted by Crippen LogP contribution is 2.26. The lowest BCUT2D eigenvalue weighted by atomic mass is 9.97. The fraction of sp³-hybridized carbons (Fsp3) is 0.118. The quantitative estimate of drug-likeness (QED) is 0.487. The Morgan fingerprint density at radius 3 is 2.16 bits per heavy atom. The number of nitrogens with one attached hydrogen (secondary N) is 4. The van der Waals surface area contributed by atoms with Gasteiger partial charge in [0.2, 0.25) is 0 Å². The first kappa shape index (κ1) is 15.5. The zero-order valence-corrected chi connectivity index (χ0v) is 13.1. The van der Waals surface area contributed by atoms with Crippen LogP contribution in [0.5, 0.6) is 0 Å². The first-order valence-corrected chi connectivity index (χ1v) is 7.77. The van der Waals surface area contributed by atoms with Crippen molar-refractivity contribution < 1.29 is 9.90 Å². The second-order valence-electron chi connectivity index (χ2n) is 5.74. The second-order valence-corrected chi connectivity index (χ2v) is 5.74. The Bertz CT molecular complexity index is 861. The van der Waals surface area contributed by atoms with Crippen LogP contribution in [-0.2, 0) is 4.79 Å². The van der Waals surface area contributed by atoms with Gasteiger partial charge in [0, 0.05) is 5.56 Å². The Labute approximate surface area is 143 Å². The SMILES string of the molecule is O=C(O)C1NNNC1c1ccc(-c2ccc(-c3ncn[nH]3)cc2)cc1. The largest absolute Gasteiger partial charge is 0.480 e. The molecule has 4 rings (SSSR count). The van der Waals surface area contributed by atoms with Gasteiger partial charge in [0.15, 0.2) is 5.82 Å². The van der Waals surface area contributed by atoms with E-state index in [1.165, 1.54) is 6.33 Å². The molecule has 2 unspecified atom stereocenters. The number of H-pyrrole nitrogens is 1. The van der Waals surface area contributed by atoms with Crippen molar-refractivity contribution >= 4 is 5.97 Å². The van der Waals surface area contributed by atoms with E-state index in [0.29, 0.717) is 0 Å². The third-order valence-electron chi connectivity index (χ3n) is 4.23. The van der Waals surface area contributed by atoms with Crippen molar-refractivity contribution in [3.8, 4) is 22.5 Å². The average Bonchev–Trinajstić information content (AvgIpc) is 3.34. The van der Waals surface area contributed by atoms with Crippen LogP contribution in [0.1, 0.15) is 11.6 Å². The highest BCUT2D eigenvalue weighted by Gasteiger charge is 2.33. The molecule has 25 heavy (non-hydrogen) atoms. The maximum absolute atomic E-state index is 11.2. The number of carboxylic acids is 1. The molecule has 2 aromatic carbocycles. The molecule has 2 heterocycles. The number of aromatic amines is 1. The minimum Gasteiger partial charge on any atom is -0.480 e. The number of rotatable bonds is 4. The van der Waals surface area contributed by atoms with Crippen molar-refractivity contribution in [2.75, 3.05) is 0 Å². The summed E-state index contributed by atoms with van der Waals surface area (Å²) in [5.74, 6) is -0.177. The Balaban J connectivity index is 1.55. The number of carbonyl (C=O) groups is 1. The number of aliphatic carboxylic acids is 1. The average molecular weight is 336 g/mol. The van der Waals surface area contributed by atoms with E-state index in [1.807, 2.05) is 48.5 Å². The van der Waals surface area contributed by atoms with Crippen LogP contribution in [-0.4, -0.2) is 32.3 Å². The second kappa shape index (κ2) is 6.44. The molecule has 0 amide bonds. The molecule has 126 valence electrons. The van der Waals surface area contributed by atoms with Crippen LogP contribution in [0.4, 0.5) is 0 Å². The number of hydrogen-bond donors (Lipinski definition) is 5. The van der Waals surface area contributed by atoms with E-state index >= 15 is 0 Å². The topological polar surface area (TPSA) is 115 Å². The van der Waals surface area contributed by atoms with Crippen molar-refractivity contribution in [1.82, 2.24) is 31.6 Å². The molecule has 1 saturated heterocycles. The summed E-state index contributed by atoms with van der Waals surface area (Å²) in [5.41, 5.74) is 12.3. The zero-order chi connectivity index (χ0) is 17.2. The maximum atomic E-state index is 11.2. The first-order chi connectivity index (χ1) is 12.2. The van der Waals surface area contributed by atoms with Gasteiger partial charge < -0.3 is 5.11 Å². The van der Waals surface area contributed by atoms with Gasteiger partial charge >= 0.3 is 5.97 Å². The number of aromatic nitrogens is 3. The summed E-state index contributed by atoms with van der Waals surface area (Å²) in [6, 6.07) is 14.8. The minimum atomic E-state index is -0.908. The highest BCUT2D eigenvalue weighted by atomic mass is 16.4. The number of hydrogen-bond acceptors (Lipinski definition) is 6. The van der Waals surface area contributed by atoms with Crippen LogP contribution in [0.3, 0.4) is 0 Å². The molecule has 0 bridgehead atoms. The first-order valence-electron chi connectivity index (χ1n) is 7.77. The van der Waals surface area contributed by atoms with Crippen molar-refractivity contribution in [1.29, 1.82) is 0 Å². The van der Waals surface area contributed by atoms with Crippen LogP contribution >= 0.6 is 0 Å². The molecule has 8 nitrogen and oxygen atoms in total. The third kappa shape index (κ3) is 3.01. The Morgan fingerprint density at radius 2 is 1.56 bits per heavy atom. The van der Waals surface area contributed by atoms with Gasteiger partial charge in [-0.05, 0) is 16.7 Å². The predicted octanol–water partition coefficient (Wildman–Crippen LogP) is 1.25. The monoisotopic (exact) mass is 336 g/mol. The molecule has 0 saturated carbocycles. The van der Waals surface area contributed by atoms with Crippen molar-refractivity contribution in [2.45, 2.75) is 12.1 Å². The van der Waals surface area contributed by atoms with Crippen molar-refractivity contribution in [3.05, 3.63) is 60.4 Å². The molecule has 1 aliphatic heterocycles. The Hall–Kier alpha value is -3.07. The van der Waals surface area contributed by atoms with E-state index < -0.39 is 12.0 Å². The van der Waals surface area contributed by atoms with Crippen LogP contribution in [0, 0.1) is 0 Å². The lowest BCUT2D eigenvalue weighted by Gasteiger charge is -2.15. The van der Waals surface area contributed by atoms with Crippen LogP contribution < -0.4 is 16.4 Å². The normalized spacial score (nSPS) is 19.8. The molecule has 1 aromatic heterocycles. The number of carboxylic acid groups (broad SMARTS) is 1. The van der Waals surface area contributed by atoms with E-state index in [9.17, 15) is 9.90 Å². The van der Waals surface area contributed by atoms with E-state index in [-0.39, 0.29) is 6.04 Å². The summed E-state index contributed by atoms with van der Waals surface area (Å²) in [7, 11) is 0. The molecule has 8 heteroatoms. The van der Waals surface area contributed by atoms with Gasteiger partial charge in [-0.1, -0.05) is 48.5 Å². The minimum absolute atomic E-state index is 0.333. The summed E-state index contributed by atoms with van der Waals surface area (Å²) in [6.45, 7) is 0. The Morgan fingerprint density at radius 1 is 0.920 bits per heavy atom. The van der Waals surface area contributed by atoms with Gasteiger partial charge in [0.25, 0.3) is 0 Å². The Kier molecular flexibility index (Phi) is 3.98. The smallest absolute Gasteiger partial charge is 0.324 e. The lowest BCUT2D eigenvalue weighted by molar-refractivity contribution is -0.139. The molecule has 0 radical (unpaired) electrons. The van der Waals surface area contributed by atoms with E-state index in [0.717, 1.165) is 28.1 Å². The lowest BCUT2D eigenvalue weighted by Crippen LogP contribution is -2.38. The summed E-state index contributed by atoms with van der Waals surface area (Å²) in [5, 5.41) is 15.9. The molecule has 2 atom stereocenters.